The maximum atomic E-state index is 6.05. The van der Waals surface area contributed by atoms with Gasteiger partial charge in [0.05, 0.1) is 12.6 Å². The molecule has 3 heteroatoms. The molecule has 1 rings (SSSR count). The average Bonchev–Trinajstić information content (AvgIpc) is 2.59. The van der Waals surface area contributed by atoms with E-state index in [9.17, 15) is 0 Å². The monoisotopic (exact) mass is 225 g/mol. The molecule has 1 unspecified atom stereocenters. The van der Waals surface area contributed by atoms with Gasteiger partial charge in [-0.1, -0.05) is 26.3 Å². The Morgan fingerprint density at radius 2 is 2.33 bits per heavy atom. The third-order valence-electron chi connectivity index (χ3n) is 2.76. The normalized spacial score (nSPS) is 21.3. The topological polar surface area (TPSA) is 21.6 Å². The lowest BCUT2D eigenvalue weighted by molar-refractivity contribution is 0.281. The molecule has 0 saturated heterocycles. The van der Waals surface area contributed by atoms with Crippen molar-refractivity contribution in [2.75, 3.05) is 6.61 Å². The van der Waals surface area contributed by atoms with E-state index in [0.29, 0.717) is 6.04 Å². The highest BCUT2D eigenvalue weighted by Crippen LogP contribution is 2.19. The number of rotatable bonds is 6. The molecular weight excluding hydrogens is 202 g/mol. The number of hydrogen-bond acceptors (Lipinski definition) is 2. The van der Waals surface area contributed by atoms with Gasteiger partial charge in [0.1, 0.15) is 0 Å². The molecule has 0 bridgehead atoms. The second-order valence-electron chi connectivity index (χ2n) is 4.97. The summed E-state index contributed by atoms with van der Waals surface area (Å²) in [5, 5.41) is 0. The SMILES string of the molecule is C=C1C=NC(CO[Si](C)(C)CCCC)C1. The number of nitrogens with zero attached hydrogens (tertiary/aromatic N) is 1. The van der Waals surface area contributed by atoms with E-state index >= 15 is 0 Å². The number of aliphatic imine (C=N–C) groups is 1. The van der Waals surface area contributed by atoms with Gasteiger partial charge in [0.15, 0.2) is 8.32 Å². The Balaban J connectivity index is 2.23. The van der Waals surface area contributed by atoms with E-state index < -0.39 is 8.32 Å². The van der Waals surface area contributed by atoms with E-state index in [1.165, 1.54) is 18.9 Å². The van der Waals surface area contributed by atoms with Crippen LogP contribution in [-0.4, -0.2) is 27.2 Å². The first kappa shape index (κ1) is 12.7. The highest BCUT2D eigenvalue weighted by atomic mass is 28.4. The van der Waals surface area contributed by atoms with Crippen molar-refractivity contribution < 1.29 is 4.43 Å². The first-order valence-electron chi connectivity index (χ1n) is 5.88. The van der Waals surface area contributed by atoms with Gasteiger partial charge in [0.2, 0.25) is 0 Å². The van der Waals surface area contributed by atoms with Crippen molar-refractivity contribution in [1.82, 2.24) is 0 Å². The van der Waals surface area contributed by atoms with Crippen LogP contribution in [0.25, 0.3) is 0 Å². The molecule has 0 N–H and O–H groups in total. The minimum Gasteiger partial charge on any atom is -0.415 e. The van der Waals surface area contributed by atoms with Gasteiger partial charge in [-0.3, -0.25) is 4.99 Å². The molecule has 0 amide bonds. The summed E-state index contributed by atoms with van der Waals surface area (Å²) in [6, 6.07) is 1.60. The van der Waals surface area contributed by atoms with Crippen LogP contribution in [0.5, 0.6) is 0 Å². The van der Waals surface area contributed by atoms with Gasteiger partial charge in [0, 0.05) is 6.21 Å². The van der Waals surface area contributed by atoms with E-state index in [2.05, 4.69) is 31.6 Å². The fraction of sp³-hybridized carbons (Fsp3) is 0.750. The molecule has 0 aromatic carbocycles. The molecule has 0 saturated carbocycles. The van der Waals surface area contributed by atoms with Crippen LogP contribution in [0.4, 0.5) is 0 Å². The molecule has 1 atom stereocenters. The molecule has 86 valence electrons. The van der Waals surface area contributed by atoms with E-state index in [1.807, 2.05) is 6.21 Å². The van der Waals surface area contributed by atoms with Crippen molar-refractivity contribution in [3.8, 4) is 0 Å². The Morgan fingerprint density at radius 3 is 2.87 bits per heavy atom. The molecule has 2 nitrogen and oxygen atoms in total. The summed E-state index contributed by atoms with van der Waals surface area (Å²) in [7, 11) is -1.42. The number of hydrogen-bond donors (Lipinski definition) is 0. The summed E-state index contributed by atoms with van der Waals surface area (Å²) in [5.41, 5.74) is 1.14. The highest BCUT2D eigenvalue weighted by Gasteiger charge is 2.24. The summed E-state index contributed by atoms with van der Waals surface area (Å²) in [5.74, 6) is 0. The van der Waals surface area contributed by atoms with Gasteiger partial charge in [0.25, 0.3) is 0 Å². The Labute approximate surface area is 94.6 Å². The van der Waals surface area contributed by atoms with Gasteiger partial charge in [-0.25, -0.2) is 0 Å². The Kier molecular flexibility index (Phi) is 4.73. The second-order valence-corrected chi connectivity index (χ2v) is 9.28. The first-order chi connectivity index (χ1) is 7.03. The third kappa shape index (κ3) is 4.75. The van der Waals surface area contributed by atoms with Gasteiger partial charge in [-0.15, -0.1) is 0 Å². The summed E-state index contributed by atoms with van der Waals surface area (Å²) in [4.78, 5) is 4.37. The number of unbranched alkanes of at least 4 members (excludes halogenated alkanes) is 1. The lowest BCUT2D eigenvalue weighted by Crippen LogP contribution is -2.33. The van der Waals surface area contributed by atoms with Crippen LogP contribution in [-0.2, 0) is 4.43 Å². The highest BCUT2D eigenvalue weighted by molar-refractivity contribution is 6.71. The van der Waals surface area contributed by atoms with Crippen molar-refractivity contribution in [2.45, 2.75) is 51.4 Å². The van der Waals surface area contributed by atoms with E-state index in [1.54, 1.807) is 0 Å². The van der Waals surface area contributed by atoms with Crippen LogP contribution in [0.15, 0.2) is 17.1 Å². The van der Waals surface area contributed by atoms with Crippen molar-refractivity contribution >= 4 is 14.5 Å². The summed E-state index contributed by atoms with van der Waals surface area (Å²) in [6.45, 7) is 11.5. The summed E-state index contributed by atoms with van der Waals surface area (Å²) < 4.78 is 6.05. The van der Waals surface area contributed by atoms with Gasteiger partial charge >= 0.3 is 0 Å². The van der Waals surface area contributed by atoms with Crippen LogP contribution < -0.4 is 0 Å². The van der Waals surface area contributed by atoms with Crippen LogP contribution >= 0.6 is 0 Å². The minimum absolute atomic E-state index is 0.339. The zero-order chi connectivity index (χ0) is 11.3. The van der Waals surface area contributed by atoms with E-state index in [4.69, 9.17) is 4.43 Å². The van der Waals surface area contributed by atoms with Crippen LogP contribution in [0.3, 0.4) is 0 Å². The van der Waals surface area contributed by atoms with Crippen LogP contribution in [0.1, 0.15) is 26.2 Å². The standard InChI is InChI=1S/C12H23NOSi/c1-5-6-7-15(3,4)14-10-12-8-11(2)9-13-12/h9,12H,2,5-8,10H2,1,3-4H3. The Bertz CT molecular complexity index is 248. The van der Waals surface area contributed by atoms with Crippen molar-refractivity contribution in [1.29, 1.82) is 0 Å². The van der Waals surface area contributed by atoms with Crippen molar-refractivity contribution in [2.24, 2.45) is 4.99 Å². The zero-order valence-electron chi connectivity index (χ0n) is 10.3. The maximum absolute atomic E-state index is 6.05. The Morgan fingerprint density at radius 1 is 1.60 bits per heavy atom. The fourth-order valence-corrected chi connectivity index (χ4v) is 3.71. The molecular formula is C12H23NOSi. The van der Waals surface area contributed by atoms with Gasteiger partial charge in [-0.05, 0) is 31.1 Å². The summed E-state index contributed by atoms with van der Waals surface area (Å²) in [6.07, 6.45) is 5.42. The first-order valence-corrected chi connectivity index (χ1v) is 9.00. The predicted octanol–water partition coefficient (Wildman–Crippen LogP) is 3.41. The van der Waals surface area contributed by atoms with Gasteiger partial charge in [-0.2, -0.15) is 0 Å². The largest absolute Gasteiger partial charge is 0.415 e. The fourth-order valence-electron chi connectivity index (χ4n) is 1.72. The molecule has 15 heavy (non-hydrogen) atoms. The predicted molar refractivity (Wildman–Crippen MR) is 69.2 cm³/mol. The quantitative estimate of drug-likeness (QED) is 0.635. The van der Waals surface area contributed by atoms with Crippen molar-refractivity contribution in [3.05, 3.63) is 12.2 Å². The summed E-state index contributed by atoms with van der Waals surface area (Å²) >= 11 is 0. The molecule has 0 fully saturated rings. The molecule has 1 aliphatic rings. The molecule has 0 spiro atoms. The minimum atomic E-state index is -1.42. The molecule has 0 aromatic heterocycles. The third-order valence-corrected chi connectivity index (χ3v) is 5.27. The molecule has 1 aliphatic heterocycles. The average molecular weight is 225 g/mol. The van der Waals surface area contributed by atoms with E-state index in [-0.39, 0.29) is 0 Å². The molecule has 1 heterocycles. The molecule has 0 radical (unpaired) electrons. The lowest BCUT2D eigenvalue weighted by atomic mass is 10.2. The molecule has 0 aromatic rings. The lowest BCUT2D eigenvalue weighted by Gasteiger charge is -2.24. The van der Waals surface area contributed by atoms with Crippen molar-refractivity contribution in [3.63, 3.8) is 0 Å². The smallest absolute Gasteiger partial charge is 0.186 e. The zero-order valence-corrected chi connectivity index (χ0v) is 11.3. The van der Waals surface area contributed by atoms with Crippen LogP contribution in [0.2, 0.25) is 19.1 Å². The van der Waals surface area contributed by atoms with Gasteiger partial charge < -0.3 is 4.43 Å². The van der Waals surface area contributed by atoms with E-state index in [0.717, 1.165) is 18.6 Å². The maximum Gasteiger partial charge on any atom is 0.186 e. The van der Waals surface area contributed by atoms with Crippen LogP contribution in [0, 0.1) is 0 Å². The Hall–Kier alpha value is -0.413. The molecule has 0 aliphatic carbocycles. The second kappa shape index (κ2) is 5.61.